The summed E-state index contributed by atoms with van der Waals surface area (Å²) in [6.45, 7) is 5.13. The molecule has 2 N–H and O–H groups in total. The highest BCUT2D eigenvalue weighted by molar-refractivity contribution is 5.84. The number of amides is 1. The van der Waals surface area contributed by atoms with Crippen molar-refractivity contribution in [3.05, 3.63) is 64.7 Å². The molecule has 0 spiro atoms. The molecule has 8 heteroatoms. The van der Waals surface area contributed by atoms with Gasteiger partial charge in [0.2, 0.25) is 0 Å². The van der Waals surface area contributed by atoms with Crippen LogP contribution in [-0.2, 0) is 0 Å². The van der Waals surface area contributed by atoms with Gasteiger partial charge in [-0.05, 0) is 57.1 Å². The Morgan fingerprint density at radius 1 is 1.12 bits per heavy atom. The molecule has 1 amide bonds. The Morgan fingerprint density at radius 3 is 2.59 bits per heavy atom. The summed E-state index contributed by atoms with van der Waals surface area (Å²) in [6.07, 6.45) is 2.53. The molecule has 4 rings (SSSR count). The lowest BCUT2D eigenvalue weighted by atomic mass is 10.1. The second-order valence-electron chi connectivity index (χ2n) is 8.02. The van der Waals surface area contributed by atoms with Crippen molar-refractivity contribution in [2.45, 2.75) is 32.2 Å². The van der Waals surface area contributed by atoms with Crippen LogP contribution in [0.2, 0.25) is 0 Å². The number of hydrogen-bond donors (Lipinski definition) is 2. The van der Waals surface area contributed by atoms with Crippen LogP contribution in [0.15, 0.2) is 53.3 Å². The normalized spacial score (nSPS) is 15.4. The van der Waals surface area contributed by atoms with Gasteiger partial charge in [0.15, 0.2) is 0 Å². The summed E-state index contributed by atoms with van der Waals surface area (Å²) < 4.78 is 7.51. The van der Waals surface area contributed by atoms with Crippen LogP contribution < -0.4 is 15.6 Å². The van der Waals surface area contributed by atoms with Crippen LogP contribution in [0.5, 0.6) is 5.75 Å². The van der Waals surface area contributed by atoms with Crippen LogP contribution in [0.3, 0.4) is 0 Å². The number of nitrogens with one attached hydrogen (secondary N) is 1. The number of benzene rings is 2. The number of carbonyl (C=O) groups is 1. The van der Waals surface area contributed by atoms with Gasteiger partial charge in [0, 0.05) is 6.54 Å². The molecule has 1 aliphatic rings. The quantitative estimate of drug-likeness (QED) is 0.588. The van der Waals surface area contributed by atoms with Crippen molar-refractivity contribution in [1.29, 1.82) is 0 Å². The lowest BCUT2D eigenvalue weighted by Gasteiger charge is -2.26. The Kier molecular flexibility index (Phi) is 6.70. The maximum absolute atomic E-state index is 13.7. The van der Waals surface area contributed by atoms with E-state index in [0.717, 1.165) is 19.6 Å². The van der Waals surface area contributed by atoms with Crippen LogP contribution in [-0.4, -0.2) is 51.9 Å². The SMILES string of the molecule is CC(NC(=O)O)c1nc2cccc(OCCN3CCCCC3)c2c(=O)n1-c1ccccc1. The van der Waals surface area contributed by atoms with Crippen LogP contribution in [0.4, 0.5) is 4.79 Å². The number of hydrogen-bond acceptors (Lipinski definition) is 5. The van der Waals surface area contributed by atoms with Crippen molar-refractivity contribution in [1.82, 2.24) is 19.8 Å². The smallest absolute Gasteiger partial charge is 0.405 e. The van der Waals surface area contributed by atoms with Crippen molar-refractivity contribution in [3.8, 4) is 11.4 Å². The molecule has 168 valence electrons. The van der Waals surface area contributed by atoms with Gasteiger partial charge in [-0.2, -0.15) is 0 Å². The van der Waals surface area contributed by atoms with Gasteiger partial charge in [-0.3, -0.25) is 14.3 Å². The largest absolute Gasteiger partial charge is 0.491 e. The molecule has 1 saturated heterocycles. The molecule has 0 aliphatic carbocycles. The predicted molar refractivity (Wildman–Crippen MR) is 123 cm³/mol. The number of ether oxygens (including phenoxy) is 1. The van der Waals surface area contributed by atoms with E-state index in [9.17, 15) is 14.7 Å². The summed E-state index contributed by atoms with van der Waals surface area (Å²) in [5.74, 6) is 0.814. The van der Waals surface area contributed by atoms with Gasteiger partial charge in [-0.25, -0.2) is 9.78 Å². The molecule has 2 aromatic carbocycles. The van der Waals surface area contributed by atoms with E-state index in [-0.39, 0.29) is 5.56 Å². The van der Waals surface area contributed by atoms with Crippen molar-refractivity contribution >= 4 is 17.0 Å². The predicted octanol–water partition coefficient (Wildman–Crippen LogP) is 3.58. The van der Waals surface area contributed by atoms with Gasteiger partial charge in [-0.1, -0.05) is 30.7 Å². The molecule has 1 aromatic heterocycles. The Balaban J connectivity index is 1.74. The molecule has 1 aliphatic heterocycles. The molecular weight excluding hydrogens is 408 g/mol. The number of fused-ring (bicyclic) bond motifs is 1. The number of rotatable bonds is 7. The highest BCUT2D eigenvalue weighted by Crippen LogP contribution is 2.24. The summed E-state index contributed by atoms with van der Waals surface area (Å²) in [7, 11) is 0. The average molecular weight is 437 g/mol. The average Bonchev–Trinajstić information content (AvgIpc) is 2.79. The Morgan fingerprint density at radius 2 is 1.88 bits per heavy atom. The number of carboxylic acid groups (broad SMARTS) is 1. The lowest BCUT2D eigenvalue weighted by molar-refractivity contribution is 0.184. The molecule has 1 atom stereocenters. The number of aromatic nitrogens is 2. The van der Waals surface area contributed by atoms with Gasteiger partial charge < -0.3 is 15.2 Å². The standard InChI is InChI=1S/C24H28N4O4/c1-17(25-24(30)31)22-26-19-11-8-12-20(32-16-15-27-13-6-3-7-14-27)21(19)23(29)28(22)18-9-4-2-5-10-18/h2,4-5,8-12,17,25H,3,6-7,13-16H2,1H3,(H,30,31). The molecular formula is C24H28N4O4. The molecule has 3 aromatic rings. The second-order valence-corrected chi connectivity index (χ2v) is 8.02. The first-order valence-electron chi connectivity index (χ1n) is 11.0. The summed E-state index contributed by atoms with van der Waals surface area (Å²) in [5, 5.41) is 12.0. The number of piperidine rings is 1. The molecule has 1 fully saturated rings. The van der Waals surface area contributed by atoms with E-state index < -0.39 is 12.1 Å². The minimum Gasteiger partial charge on any atom is -0.491 e. The first kappa shape index (κ1) is 21.8. The number of nitrogens with zero attached hydrogens (tertiary/aromatic N) is 3. The minimum absolute atomic E-state index is 0.288. The Bertz CT molecular complexity index is 1140. The first-order chi connectivity index (χ1) is 15.5. The van der Waals surface area contributed by atoms with Gasteiger partial charge >= 0.3 is 6.09 Å². The third-order valence-corrected chi connectivity index (χ3v) is 5.74. The zero-order valence-corrected chi connectivity index (χ0v) is 18.2. The molecule has 0 radical (unpaired) electrons. The third kappa shape index (κ3) is 4.75. The van der Waals surface area contributed by atoms with Gasteiger partial charge in [0.1, 0.15) is 23.6 Å². The molecule has 0 saturated carbocycles. The van der Waals surface area contributed by atoms with Gasteiger partial charge in [0.25, 0.3) is 5.56 Å². The van der Waals surface area contributed by atoms with E-state index in [0.29, 0.717) is 34.8 Å². The molecule has 2 heterocycles. The molecule has 0 bridgehead atoms. The van der Waals surface area contributed by atoms with Crippen LogP contribution in [0.1, 0.15) is 38.1 Å². The molecule has 8 nitrogen and oxygen atoms in total. The molecule has 32 heavy (non-hydrogen) atoms. The summed E-state index contributed by atoms with van der Waals surface area (Å²) in [4.78, 5) is 32.0. The van der Waals surface area contributed by atoms with Crippen molar-refractivity contribution in [2.24, 2.45) is 0 Å². The van der Waals surface area contributed by atoms with E-state index in [1.54, 1.807) is 37.3 Å². The summed E-state index contributed by atoms with van der Waals surface area (Å²) in [5.41, 5.74) is 0.805. The number of likely N-dealkylation sites (tertiary alicyclic amines) is 1. The second kappa shape index (κ2) is 9.82. The molecule has 1 unspecified atom stereocenters. The fourth-order valence-electron chi connectivity index (χ4n) is 4.17. The van der Waals surface area contributed by atoms with Crippen LogP contribution in [0, 0.1) is 0 Å². The maximum Gasteiger partial charge on any atom is 0.405 e. The highest BCUT2D eigenvalue weighted by atomic mass is 16.5. The van der Waals surface area contributed by atoms with Gasteiger partial charge in [0.05, 0.1) is 17.2 Å². The highest BCUT2D eigenvalue weighted by Gasteiger charge is 2.21. The Hall–Kier alpha value is -3.39. The fraction of sp³-hybridized carbons (Fsp3) is 0.375. The van der Waals surface area contributed by atoms with E-state index >= 15 is 0 Å². The van der Waals surface area contributed by atoms with Crippen LogP contribution >= 0.6 is 0 Å². The van der Waals surface area contributed by atoms with Gasteiger partial charge in [-0.15, -0.1) is 0 Å². The number of para-hydroxylation sites is 1. The third-order valence-electron chi connectivity index (χ3n) is 5.74. The topological polar surface area (TPSA) is 96.7 Å². The van der Waals surface area contributed by atoms with Crippen molar-refractivity contribution in [3.63, 3.8) is 0 Å². The van der Waals surface area contributed by atoms with E-state index in [1.165, 1.54) is 23.8 Å². The van der Waals surface area contributed by atoms with E-state index in [4.69, 9.17) is 4.74 Å². The first-order valence-corrected chi connectivity index (χ1v) is 11.0. The Labute approximate surface area is 186 Å². The van der Waals surface area contributed by atoms with Crippen molar-refractivity contribution in [2.75, 3.05) is 26.2 Å². The van der Waals surface area contributed by atoms with Crippen molar-refractivity contribution < 1.29 is 14.6 Å². The van der Waals surface area contributed by atoms with E-state index in [1.807, 2.05) is 18.2 Å². The van der Waals surface area contributed by atoms with E-state index in [2.05, 4.69) is 15.2 Å². The summed E-state index contributed by atoms with van der Waals surface area (Å²) >= 11 is 0. The minimum atomic E-state index is -1.18. The van der Waals surface area contributed by atoms with Crippen LogP contribution in [0.25, 0.3) is 16.6 Å². The lowest BCUT2D eigenvalue weighted by Crippen LogP contribution is -2.34. The fourth-order valence-corrected chi connectivity index (χ4v) is 4.17. The zero-order valence-electron chi connectivity index (χ0n) is 18.2. The zero-order chi connectivity index (χ0) is 22.5. The monoisotopic (exact) mass is 436 g/mol. The maximum atomic E-state index is 13.7. The summed E-state index contributed by atoms with van der Waals surface area (Å²) in [6, 6.07) is 13.8.